The second-order valence-corrected chi connectivity index (χ2v) is 9.08. The molecule has 0 bridgehead atoms. The van der Waals surface area contributed by atoms with Crippen LogP contribution in [0.1, 0.15) is 40.2 Å². The van der Waals surface area contributed by atoms with Crippen molar-refractivity contribution in [2.75, 3.05) is 26.2 Å². The van der Waals surface area contributed by atoms with Gasteiger partial charge in [-0.2, -0.15) is 13.2 Å². The minimum absolute atomic E-state index is 0.167. The Morgan fingerprint density at radius 3 is 2.19 bits per heavy atom. The van der Waals surface area contributed by atoms with E-state index in [1.54, 1.807) is 29.7 Å². The molecule has 2 unspecified atom stereocenters. The number of aryl methyl sites for hydroxylation is 1. The molecule has 1 saturated carbocycles. The summed E-state index contributed by atoms with van der Waals surface area (Å²) in [5, 5.41) is 19.4. The number of rotatable bonds is 9. The van der Waals surface area contributed by atoms with E-state index in [9.17, 15) is 22.4 Å². The van der Waals surface area contributed by atoms with E-state index in [4.69, 9.17) is 15.1 Å². The maximum Gasteiger partial charge on any atom is 0.490 e. The van der Waals surface area contributed by atoms with Gasteiger partial charge < -0.3 is 15.3 Å². The van der Waals surface area contributed by atoms with Crippen LogP contribution in [0.15, 0.2) is 48.5 Å². The first-order chi connectivity index (χ1) is 17.1. The molecule has 1 saturated heterocycles. The molecule has 2 fully saturated rings. The normalized spacial score (nSPS) is 19.6. The van der Waals surface area contributed by atoms with Crippen LogP contribution in [0.5, 0.6) is 0 Å². The summed E-state index contributed by atoms with van der Waals surface area (Å²) < 4.78 is 44.7. The number of carbonyl (C=O) groups excluding carboxylic acids is 1. The van der Waals surface area contributed by atoms with Crippen molar-refractivity contribution in [1.82, 2.24) is 15.7 Å². The standard InChI is InChI=1S/C23H28FN3O2.C2HF3O2/c24-20-9-7-18(8-10-20)21-12-22(21)25-13-17-14-27(15-17)11-1-2-16-3-5-19(6-4-16)23(28)26-29;3-2(4,5)1(6)7/h3-10,17,21-22,25,29H,1-2,11-15H2,(H,26,28);(H,6,7). The number of carboxylic acid groups (broad SMARTS) is 1. The number of nitrogens with zero attached hydrogens (tertiary/aromatic N) is 1. The maximum atomic E-state index is 13.0. The second-order valence-electron chi connectivity index (χ2n) is 9.08. The van der Waals surface area contributed by atoms with Gasteiger partial charge >= 0.3 is 12.1 Å². The van der Waals surface area contributed by atoms with Crippen LogP contribution in [0, 0.1) is 11.7 Å². The Hall–Kier alpha value is -3.02. The van der Waals surface area contributed by atoms with Gasteiger partial charge in [0.2, 0.25) is 0 Å². The molecule has 7 nitrogen and oxygen atoms in total. The Kier molecular flexibility index (Phi) is 9.41. The highest BCUT2D eigenvalue weighted by Gasteiger charge is 2.39. The molecule has 1 heterocycles. The number of hydroxylamine groups is 1. The SMILES string of the molecule is O=C(NO)c1ccc(CCCN2CC(CNC3CC3c3ccc(F)cc3)C2)cc1.O=C(O)C(F)(F)F. The van der Waals surface area contributed by atoms with E-state index in [2.05, 4.69) is 10.2 Å². The van der Waals surface area contributed by atoms with E-state index in [1.165, 1.54) is 11.1 Å². The van der Waals surface area contributed by atoms with E-state index in [-0.39, 0.29) is 5.82 Å². The van der Waals surface area contributed by atoms with Crippen molar-refractivity contribution in [1.29, 1.82) is 0 Å². The topological polar surface area (TPSA) is 102 Å². The van der Waals surface area contributed by atoms with Crippen LogP contribution in [0.4, 0.5) is 17.6 Å². The third kappa shape index (κ3) is 8.28. The highest BCUT2D eigenvalue weighted by atomic mass is 19.4. The molecule has 36 heavy (non-hydrogen) atoms. The summed E-state index contributed by atoms with van der Waals surface area (Å²) in [5.41, 5.74) is 4.56. The summed E-state index contributed by atoms with van der Waals surface area (Å²) in [6.45, 7) is 4.46. The lowest BCUT2D eigenvalue weighted by Gasteiger charge is -2.39. The number of halogens is 4. The first-order valence-corrected chi connectivity index (χ1v) is 11.6. The molecule has 0 radical (unpaired) electrons. The van der Waals surface area contributed by atoms with Gasteiger partial charge in [-0.25, -0.2) is 14.7 Å². The summed E-state index contributed by atoms with van der Waals surface area (Å²) >= 11 is 0. The summed E-state index contributed by atoms with van der Waals surface area (Å²) in [6.07, 6.45) is -1.84. The molecule has 4 N–H and O–H groups in total. The molecule has 2 aromatic rings. The highest BCUT2D eigenvalue weighted by molar-refractivity contribution is 5.93. The zero-order valence-corrected chi connectivity index (χ0v) is 19.5. The fraction of sp³-hybridized carbons (Fsp3) is 0.440. The predicted octanol–water partition coefficient (Wildman–Crippen LogP) is 3.59. The average Bonchev–Trinajstić information content (AvgIpc) is 3.59. The molecule has 1 aliphatic carbocycles. The first kappa shape index (κ1) is 27.6. The van der Waals surface area contributed by atoms with Gasteiger partial charge in [-0.15, -0.1) is 0 Å². The number of benzene rings is 2. The summed E-state index contributed by atoms with van der Waals surface area (Å²) in [5.74, 6) is -2.14. The Morgan fingerprint density at radius 1 is 1.03 bits per heavy atom. The van der Waals surface area contributed by atoms with Crippen LogP contribution >= 0.6 is 0 Å². The Labute approximate surface area is 206 Å². The minimum atomic E-state index is -5.08. The molecule has 1 amide bonds. The molecule has 2 atom stereocenters. The fourth-order valence-electron chi connectivity index (χ4n) is 4.20. The van der Waals surface area contributed by atoms with Crippen LogP contribution < -0.4 is 10.8 Å². The Morgan fingerprint density at radius 2 is 1.64 bits per heavy atom. The van der Waals surface area contributed by atoms with Crippen LogP contribution in [-0.4, -0.2) is 65.5 Å². The van der Waals surface area contributed by atoms with Crippen LogP contribution in [0.2, 0.25) is 0 Å². The first-order valence-electron chi connectivity index (χ1n) is 11.6. The predicted molar refractivity (Wildman–Crippen MR) is 123 cm³/mol. The lowest BCUT2D eigenvalue weighted by Crippen LogP contribution is -2.51. The molecule has 1 aliphatic heterocycles. The maximum absolute atomic E-state index is 13.0. The van der Waals surface area contributed by atoms with Crippen molar-refractivity contribution in [2.24, 2.45) is 5.92 Å². The monoisotopic (exact) mass is 511 g/mol. The average molecular weight is 512 g/mol. The third-order valence-corrected chi connectivity index (χ3v) is 6.29. The minimum Gasteiger partial charge on any atom is -0.475 e. The molecule has 2 aromatic carbocycles. The lowest BCUT2D eigenvalue weighted by atomic mass is 9.99. The van der Waals surface area contributed by atoms with E-state index in [0.717, 1.165) is 51.4 Å². The second kappa shape index (κ2) is 12.3. The van der Waals surface area contributed by atoms with Crippen molar-refractivity contribution >= 4 is 11.9 Å². The van der Waals surface area contributed by atoms with Gasteiger partial charge in [-0.1, -0.05) is 24.3 Å². The van der Waals surface area contributed by atoms with Gasteiger partial charge in [0.05, 0.1) is 0 Å². The summed E-state index contributed by atoms with van der Waals surface area (Å²) in [6, 6.07) is 14.8. The largest absolute Gasteiger partial charge is 0.490 e. The Bertz CT molecular complexity index is 1010. The molecule has 4 rings (SSSR count). The van der Waals surface area contributed by atoms with Crippen LogP contribution in [0.3, 0.4) is 0 Å². The Balaban J connectivity index is 0.000000454. The third-order valence-electron chi connectivity index (χ3n) is 6.29. The quantitative estimate of drug-likeness (QED) is 0.233. The van der Waals surface area contributed by atoms with Gasteiger partial charge in [0, 0.05) is 37.2 Å². The molecule has 0 aromatic heterocycles. The van der Waals surface area contributed by atoms with Crippen LogP contribution in [0.25, 0.3) is 0 Å². The number of hydrogen-bond donors (Lipinski definition) is 4. The number of alkyl halides is 3. The smallest absolute Gasteiger partial charge is 0.475 e. The number of amides is 1. The van der Waals surface area contributed by atoms with Gasteiger partial charge in [-0.05, 0) is 67.1 Å². The lowest BCUT2D eigenvalue weighted by molar-refractivity contribution is -0.192. The zero-order valence-electron chi connectivity index (χ0n) is 19.5. The number of carbonyl (C=O) groups is 2. The highest BCUT2D eigenvalue weighted by Crippen LogP contribution is 2.40. The van der Waals surface area contributed by atoms with Gasteiger partial charge in [0.15, 0.2) is 0 Å². The van der Waals surface area contributed by atoms with Crippen molar-refractivity contribution in [3.8, 4) is 0 Å². The molecule has 2 aliphatic rings. The number of likely N-dealkylation sites (tertiary alicyclic amines) is 1. The van der Waals surface area contributed by atoms with E-state index < -0.39 is 18.1 Å². The molecule has 196 valence electrons. The summed E-state index contributed by atoms with van der Waals surface area (Å²) in [4.78, 5) is 22.7. The number of aliphatic carboxylic acids is 1. The van der Waals surface area contributed by atoms with Crippen molar-refractivity contribution < 1.29 is 37.5 Å². The fourth-order valence-corrected chi connectivity index (χ4v) is 4.20. The number of hydrogen-bond acceptors (Lipinski definition) is 5. The molecular formula is C25H29F4N3O4. The number of carboxylic acids is 1. The van der Waals surface area contributed by atoms with Crippen LogP contribution in [-0.2, 0) is 11.2 Å². The van der Waals surface area contributed by atoms with Gasteiger partial charge in [-0.3, -0.25) is 10.0 Å². The van der Waals surface area contributed by atoms with Crippen molar-refractivity contribution in [3.63, 3.8) is 0 Å². The van der Waals surface area contributed by atoms with Crippen molar-refractivity contribution in [3.05, 3.63) is 71.0 Å². The van der Waals surface area contributed by atoms with Gasteiger partial charge in [0.1, 0.15) is 5.82 Å². The van der Waals surface area contributed by atoms with E-state index >= 15 is 0 Å². The number of nitrogens with one attached hydrogen (secondary N) is 2. The molecule has 11 heteroatoms. The van der Waals surface area contributed by atoms with Gasteiger partial charge in [0.25, 0.3) is 5.91 Å². The molecule has 0 spiro atoms. The van der Waals surface area contributed by atoms with E-state index in [0.29, 0.717) is 17.5 Å². The van der Waals surface area contributed by atoms with Crippen molar-refractivity contribution in [2.45, 2.75) is 37.4 Å². The summed E-state index contributed by atoms with van der Waals surface area (Å²) in [7, 11) is 0. The van der Waals surface area contributed by atoms with E-state index in [1.807, 2.05) is 24.3 Å². The molecular weight excluding hydrogens is 482 g/mol. The zero-order chi connectivity index (χ0) is 26.3.